The normalized spacial score (nSPS) is 14.0. The van der Waals surface area contributed by atoms with Crippen LogP contribution < -0.4 is 26.4 Å². The molecule has 1 fully saturated rings. The molecule has 0 radical (unpaired) electrons. The summed E-state index contributed by atoms with van der Waals surface area (Å²) in [4.78, 5) is 20.0. The van der Waals surface area contributed by atoms with Gasteiger partial charge in [0.15, 0.2) is 11.6 Å². The van der Waals surface area contributed by atoms with Crippen molar-refractivity contribution >= 4 is 23.4 Å². The van der Waals surface area contributed by atoms with E-state index in [4.69, 9.17) is 10.5 Å². The summed E-state index contributed by atoms with van der Waals surface area (Å²) in [5, 5.41) is 8.91. The van der Waals surface area contributed by atoms with E-state index in [9.17, 15) is 18.0 Å². The number of halogens is 3. The quantitative estimate of drug-likeness (QED) is 0.371. The molecule has 0 aliphatic carbocycles. The van der Waals surface area contributed by atoms with Crippen LogP contribution >= 0.6 is 0 Å². The minimum absolute atomic E-state index is 0.0566. The highest BCUT2D eigenvalue weighted by Crippen LogP contribution is 2.23. The Morgan fingerprint density at radius 1 is 1.09 bits per heavy atom. The summed E-state index contributed by atoms with van der Waals surface area (Å²) in [5.74, 6) is -3.50. The Hall–Kier alpha value is -3.86. The van der Waals surface area contributed by atoms with Gasteiger partial charge in [0.1, 0.15) is 23.5 Å². The van der Waals surface area contributed by atoms with Gasteiger partial charge in [-0.3, -0.25) is 4.79 Å². The third-order valence-electron chi connectivity index (χ3n) is 5.33. The van der Waals surface area contributed by atoms with Gasteiger partial charge in [-0.2, -0.15) is 4.98 Å². The monoisotopic (exact) mass is 472 g/mol. The molecule has 0 saturated carbocycles. The molecule has 1 saturated heterocycles. The summed E-state index contributed by atoms with van der Waals surface area (Å²) in [6.07, 6.45) is 3.25. The van der Waals surface area contributed by atoms with Gasteiger partial charge in [0.2, 0.25) is 5.95 Å². The molecular formula is C23H23F3N6O2. The lowest BCUT2D eigenvalue weighted by Crippen LogP contribution is -2.34. The fourth-order valence-corrected chi connectivity index (χ4v) is 3.51. The number of primary amides is 1. The highest BCUT2D eigenvalue weighted by Gasteiger charge is 2.17. The van der Waals surface area contributed by atoms with Crippen LogP contribution in [0.2, 0.25) is 0 Å². The molecule has 0 bridgehead atoms. The number of hydrogen-bond acceptors (Lipinski definition) is 7. The van der Waals surface area contributed by atoms with E-state index < -0.39 is 35.5 Å². The maximum absolute atomic E-state index is 14.0. The molecule has 2 aromatic carbocycles. The summed E-state index contributed by atoms with van der Waals surface area (Å²) in [5.41, 5.74) is 5.39. The number of piperidine rings is 1. The van der Waals surface area contributed by atoms with E-state index in [-0.39, 0.29) is 23.4 Å². The van der Waals surface area contributed by atoms with E-state index in [0.29, 0.717) is 11.8 Å². The number of carbonyl (C=O) groups is 1. The molecule has 34 heavy (non-hydrogen) atoms. The van der Waals surface area contributed by atoms with Crippen molar-refractivity contribution in [1.29, 1.82) is 0 Å². The lowest BCUT2D eigenvalue weighted by atomic mass is 10.1. The maximum Gasteiger partial charge on any atom is 0.254 e. The van der Waals surface area contributed by atoms with E-state index >= 15 is 0 Å². The van der Waals surface area contributed by atoms with Gasteiger partial charge in [-0.05, 0) is 62.3 Å². The van der Waals surface area contributed by atoms with Gasteiger partial charge < -0.3 is 26.4 Å². The number of anilines is 3. The summed E-state index contributed by atoms with van der Waals surface area (Å²) >= 11 is 0. The van der Waals surface area contributed by atoms with E-state index in [1.165, 1.54) is 6.20 Å². The van der Waals surface area contributed by atoms with Crippen molar-refractivity contribution in [2.45, 2.75) is 25.5 Å². The first kappa shape index (κ1) is 23.3. The van der Waals surface area contributed by atoms with Gasteiger partial charge in [-0.25, -0.2) is 18.2 Å². The van der Waals surface area contributed by atoms with Crippen molar-refractivity contribution in [3.05, 3.63) is 71.2 Å². The highest BCUT2D eigenvalue weighted by atomic mass is 19.2. The van der Waals surface area contributed by atoms with Gasteiger partial charge in [0, 0.05) is 24.0 Å². The Morgan fingerprint density at radius 2 is 1.79 bits per heavy atom. The van der Waals surface area contributed by atoms with E-state index in [2.05, 4.69) is 25.9 Å². The maximum atomic E-state index is 14.0. The number of rotatable bonds is 8. The lowest BCUT2D eigenvalue weighted by Gasteiger charge is -2.23. The topological polar surface area (TPSA) is 114 Å². The average Bonchev–Trinajstić information content (AvgIpc) is 2.83. The van der Waals surface area contributed by atoms with Crippen LogP contribution in [0.25, 0.3) is 0 Å². The smallest absolute Gasteiger partial charge is 0.254 e. The largest absolute Gasteiger partial charge is 0.490 e. The number of amides is 1. The summed E-state index contributed by atoms with van der Waals surface area (Å²) in [6, 6.07) is 8.71. The highest BCUT2D eigenvalue weighted by molar-refractivity contribution is 5.97. The lowest BCUT2D eigenvalue weighted by molar-refractivity contribution is 0.100. The Morgan fingerprint density at radius 3 is 2.50 bits per heavy atom. The van der Waals surface area contributed by atoms with Crippen molar-refractivity contribution < 1.29 is 22.7 Å². The fourth-order valence-electron chi connectivity index (χ4n) is 3.51. The van der Waals surface area contributed by atoms with Gasteiger partial charge in [0.05, 0.1) is 5.56 Å². The molecule has 5 N–H and O–H groups in total. The number of nitrogens with one attached hydrogen (secondary N) is 3. The van der Waals surface area contributed by atoms with Crippen molar-refractivity contribution in [3.63, 3.8) is 0 Å². The molecule has 0 atom stereocenters. The minimum atomic E-state index is -1.33. The molecule has 178 valence electrons. The zero-order valence-electron chi connectivity index (χ0n) is 18.1. The van der Waals surface area contributed by atoms with Crippen LogP contribution in [0.4, 0.5) is 30.6 Å². The molecule has 1 aromatic heterocycles. The summed E-state index contributed by atoms with van der Waals surface area (Å²) < 4.78 is 47.4. The van der Waals surface area contributed by atoms with Gasteiger partial charge in [0.25, 0.3) is 5.91 Å². The first-order chi connectivity index (χ1) is 16.4. The standard InChI is InChI=1S/C23H23F3N6O2/c24-18-5-6-19(25)20(26)16(18)11-29-22-17(21(27)33)12-30-23(32-22)31-13-1-3-14(4-2-13)34-15-7-9-28-10-8-15/h1-6,12,15,28H,7-11H2,(H2,27,33)(H2,29,30,31,32). The Bertz CT molecular complexity index is 1170. The van der Waals surface area contributed by atoms with Gasteiger partial charge in [-0.1, -0.05) is 0 Å². The SMILES string of the molecule is NC(=O)c1cnc(Nc2ccc(OC3CCNCC3)cc2)nc1NCc1c(F)ccc(F)c1F. The number of nitrogens with zero attached hydrogens (tertiary/aromatic N) is 2. The predicted molar refractivity (Wildman–Crippen MR) is 120 cm³/mol. The second-order valence-corrected chi connectivity index (χ2v) is 7.71. The Kier molecular flexibility index (Phi) is 7.12. The van der Waals surface area contributed by atoms with Gasteiger partial charge in [-0.15, -0.1) is 0 Å². The summed E-state index contributed by atoms with van der Waals surface area (Å²) in [7, 11) is 0. The van der Waals surface area contributed by atoms with E-state index in [1.807, 2.05) is 12.1 Å². The van der Waals surface area contributed by atoms with Crippen LogP contribution in [0.3, 0.4) is 0 Å². The van der Waals surface area contributed by atoms with Crippen molar-refractivity contribution in [1.82, 2.24) is 15.3 Å². The number of nitrogens with two attached hydrogens (primary N) is 1. The van der Waals surface area contributed by atoms with E-state index in [0.717, 1.165) is 37.7 Å². The molecule has 0 unspecified atom stereocenters. The summed E-state index contributed by atoms with van der Waals surface area (Å²) in [6.45, 7) is 1.39. The molecule has 8 nitrogen and oxygen atoms in total. The molecule has 11 heteroatoms. The zero-order chi connectivity index (χ0) is 24.1. The molecule has 4 rings (SSSR count). The molecular weight excluding hydrogens is 449 g/mol. The van der Waals surface area contributed by atoms with Crippen molar-refractivity contribution in [3.8, 4) is 5.75 Å². The number of ether oxygens (including phenoxy) is 1. The predicted octanol–water partition coefficient (Wildman–Crippen LogP) is 3.48. The Labute approximate surface area is 193 Å². The molecule has 1 amide bonds. The molecule has 0 spiro atoms. The van der Waals surface area contributed by atoms with Crippen LogP contribution in [-0.4, -0.2) is 35.1 Å². The minimum Gasteiger partial charge on any atom is -0.490 e. The second kappa shape index (κ2) is 10.4. The third-order valence-corrected chi connectivity index (χ3v) is 5.33. The third kappa shape index (κ3) is 5.54. The number of carbonyl (C=O) groups excluding carboxylic acids is 1. The van der Waals surface area contributed by atoms with E-state index in [1.54, 1.807) is 12.1 Å². The second-order valence-electron chi connectivity index (χ2n) is 7.71. The average molecular weight is 472 g/mol. The molecule has 1 aliphatic heterocycles. The number of benzene rings is 2. The zero-order valence-corrected chi connectivity index (χ0v) is 18.1. The van der Waals surface area contributed by atoms with Crippen LogP contribution in [-0.2, 0) is 6.54 Å². The number of hydrogen-bond donors (Lipinski definition) is 4. The van der Waals surface area contributed by atoms with Crippen molar-refractivity contribution in [2.24, 2.45) is 5.73 Å². The van der Waals surface area contributed by atoms with Crippen molar-refractivity contribution in [2.75, 3.05) is 23.7 Å². The molecule has 2 heterocycles. The van der Waals surface area contributed by atoms with Crippen LogP contribution in [0.15, 0.2) is 42.6 Å². The molecule has 1 aliphatic rings. The molecule has 3 aromatic rings. The fraction of sp³-hybridized carbons (Fsp3) is 0.261. The first-order valence-electron chi connectivity index (χ1n) is 10.7. The van der Waals surface area contributed by atoms with Gasteiger partial charge >= 0.3 is 0 Å². The van der Waals surface area contributed by atoms with Crippen LogP contribution in [0, 0.1) is 17.5 Å². The van der Waals surface area contributed by atoms with Crippen LogP contribution in [0.1, 0.15) is 28.8 Å². The first-order valence-corrected chi connectivity index (χ1v) is 10.7. The van der Waals surface area contributed by atoms with Crippen LogP contribution in [0.5, 0.6) is 5.75 Å². The number of aromatic nitrogens is 2. The Balaban J connectivity index is 1.47.